The van der Waals surface area contributed by atoms with E-state index < -0.39 is 17.7 Å². The van der Waals surface area contributed by atoms with Crippen molar-refractivity contribution in [2.45, 2.75) is 77.3 Å². The number of nitrogens with zero attached hydrogens (tertiary/aromatic N) is 2. The zero-order valence-corrected chi connectivity index (χ0v) is 19.5. The van der Waals surface area contributed by atoms with Crippen molar-refractivity contribution in [3.8, 4) is 0 Å². The van der Waals surface area contributed by atoms with Gasteiger partial charge in [0, 0.05) is 37.5 Å². The fourth-order valence-corrected chi connectivity index (χ4v) is 5.81. The monoisotopic (exact) mass is 452 g/mol. The molecule has 2 heterocycles. The molecule has 0 aromatic rings. The number of rotatable bonds is 7. The zero-order valence-electron chi connectivity index (χ0n) is 18.7. The van der Waals surface area contributed by atoms with Crippen LogP contribution in [0.5, 0.6) is 0 Å². The average molecular weight is 453 g/mol. The van der Waals surface area contributed by atoms with Crippen molar-refractivity contribution in [1.82, 2.24) is 15.6 Å². The van der Waals surface area contributed by atoms with Crippen LogP contribution in [0.1, 0.15) is 65.2 Å². The first kappa shape index (κ1) is 24.0. The van der Waals surface area contributed by atoms with Crippen molar-refractivity contribution < 1.29 is 19.1 Å². The van der Waals surface area contributed by atoms with Gasteiger partial charge in [-0.25, -0.2) is 5.43 Å². The second kappa shape index (κ2) is 11.9. The molecule has 3 fully saturated rings. The lowest BCUT2D eigenvalue weighted by Gasteiger charge is -2.30. The van der Waals surface area contributed by atoms with Crippen LogP contribution in [-0.2, 0) is 19.1 Å². The van der Waals surface area contributed by atoms with Gasteiger partial charge in [-0.3, -0.25) is 14.4 Å². The molecule has 1 unspecified atom stereocenters. The van der Waals surface area contributed by atoms with Gasteiger partial charge in [0.25, 0.3) is 0 Å². The first-order chi connectivity index (χ1) is 15.0. The number of amidine groups is 1. The summed E-state index contributed by atoms with van der Waals surface area (Å²) < 4.78 is 5.42. The van der Waals surface area contributed by atoms with Gasteiger partial charge in [0.05, 0.1) is 0 Å². The lowest BCUT2D eigenvalue weighted by Crippen LogP contribution is -2.53. The highest BCUT2D eigenvalue weighted by Crippen LogP contribution is 2.25. The molecule has 0 bridgehead atoms. The van der Waals surface area contributed by atoms with Crippen LogP contribution in [-0.4, -0.2) is 65.3 Å². The number of hydrazone groups is 1. The maximum atomic E-state index is 13.1. The summed E-state index contributed by atoms with van der Waals surface area (Å²) in [5.41, 5.74) is 2.45. The van der Waals surface area contributed by atoms with Crippen LogP contribution in [0.25, 0.3) is 0 Å². The number of carbonyl (C=O) groups excluding carboxylic acids is 3. The van der Waals surface area contributed by atoms with Gasteiger partial charge < -0.3 is 15.0 Å². The van der Waals surface area contributed by atoms with Gasteiger partial charge in [-0.15, -0.1) is 5.10 Å². The number of ether oxygens (including phenoxy) is 1. The van der Waals surface area contributed by atoms with Gasteiger partial charge in [0.15, 0.2) is 5.17 Å². The van der Waals surface area contributed by atoms with Crippen molar-refractivity contribution in [2.24, 2.45) is 16.9 Å². The van der Waals surface area contributed by atoms with Crippen molar-refractivity contribution in [2.75, 3.05) is 25.5 Å². The van der Waals surface area contributed by atoms with Crippen molar-refractivity contribution in [3.05, 3.63) is 0 Å². The summed E-state index contributed by atoms with van der Waals surface area (Å²) in [5, 5.41) is 7.88. The smallest absolute Gasteiger partial charge is 0.309 e. The Hall–Kier alpha value is -1.61. The molecule has 0 radical (unpaired) electrons. The number of hydrogen-bond donors (Lipinski definition) is 2. The van der Waals surface area contributed by atoms with E-state index in [1.165, 1.54) is 0 Å². The Morgan fingerprint density at radius 3 is 2.45 bits per heavy atom. The molecule has 0 spiro atoms. The quantitative estimate of drug-likeness (QED) is 0.349. The van der Waals surface area contributed by atoms with Crippen LogP contribution in [0.15, 0.2) is 5.10 Å². The Balaban J connectivity index is 1.66. The molecule has 2 saturated heterocycles. The summed E-state index contributed by atoms with van der Waals surface area (Å²) in [4.78, 5) is 40.8. The van der Waals surface area contributed by atoms with E-state index in [0.717, 1.165) is 56.0 Å². The Kier molecular flexibility index (Phi) is 9.19. The Morgan fingerprint density at radius 1 is 1.13 bits per heavy atom. The highest BCUT2D eigenvalue weighted by Gasteiger charge is 2.36. The molecule has 2 atom stereocenters. The summed E-state index contributed by atoms with van der Waals surface area (Å²) >= 11 is 1.57. The van der Waals surface area contributed by atoms with Gasteiger partial charge in [0.1, 0.15) is 6.04 Å². The Labute approximate surface area is 189 Å². The average Bonchev–Trinajstić information content (AvgIpc) is 2.96. The van der Waals surface area contributed by atoms with E-state index in [1.54, 1.807) is 11.8 Å². The third kappa shape index (κ3) is 6.44. The maximum absolute atomic E-state index is 13.1. The fraction of sp³-hybridized carbons (Fsp3) is 0.818. The summed E-state index contributed by atoms with van der Waals surface area (Å²) in [7, 11) is 0. The van der Waals surface area contributed by atoms with Crippen LogP contribution in [0, 0.1) is 11.8 Å². The van der Waals surface area contributed by atoms with E-state index in [-0.39, 0.29) is 17.7 Å². The Bertz CT molecular complexity index is 672. The number of carbonyl (C=O) groups is 3. The highest BCUT2D eigenvalue weighted by atomic mass is 32.2. The standard InChI is InChI=1S/C22H36N4O4S/c1-3-26-15(2)14-31-22(26)25-24-21(29)19(27)18(16-10-12-30-13-11-16)23-20(28)17-8-6-4-5-7-9-17/h15-18H,3-14H2,1-2H3,(H,23,28)(H,24,29)/t15-,18?/m0/s1. The summed E-state index contributed by atoms with van der Waals surface area (Å²) in [5.74, 6) is -0.738. The molecular formula is C22H36N4O4S. The third-order valence-electron chi connectivity index (χ3n) is 6.59. The van der Waals surface area contributed by atoms with Crippen LogP contribution in [0.3, 0.4) is 0 Å². The SMILES string of the molecule is CCN1C(=NNC(=O)C(=O)C(NC(=O)C2CCCCCC2)C2CCOCC2)SC[C@@H]1C. The molecule has 0 aromatic carbocycles. The minimum Gasteiger partial charge on any atom is -0.381 e. The number of Topliss-reactive ketones (excluding diaryl/α,β-unsaturated/α-hetero) is 1. The van der Waals surface area contributed by atoms with E-state index in [4.69, 9.17) is 4.74 Å². The lowest BCUT2D eigenvalue weighted by molar-refractivity contribution is -0.142. The molecule has 0 aromatic heterocycles. The zero-order chi connectivity index (χ0) is 22.2. The number of nitrogens with one attached hydrogen (secondary N) is 2. The molecule has 9 heteroatoms. The van der Waals surface area contributed by atoms with Gasteiger partial charge in [0.2, 0.25) is 11.7 Å². The molecule has 2 N–H and O–H groups in total. The summed E-state index contributed by atoms with van der Waals surface area (Å²) in [6, 6.07) is -0.479. The number of ketones is 1. The van der Waals surface area contributed by atoms with Crippen LogP contribution in [0.2, 0.25) is 0 Å². The molecule has 2 aliphatic heterocycles. The Morgan fingerprint density at radius 2 is 1.81 bits per heavy atom. The van der Waals surface area contributed by atoms with Crippen LogP contribution >= 0.6 is 11.8 Å². The first-order valence-electron chi connectivity index (χ1n) is 11.7. The number of amides is 2. The molecule has 1 saturated carbocycles. The molecule has 3 aliphatic rings. The van der Waals surface area contributed by atoms with Gasteiger partial charge >= 0.3 is 5.91 Å². The third-order valence-corrected chi connectivity index (χ3v) is 7.83. The second-order valence-corrected chi connectivity index (χ2v) is 9.76. The normalized spacial score (nSPS) is 25.8. The van der Waals surface area contributed by atoms with E-state index in [2.05, 4.69) is 27.7 Å². The largest absolute Gasteiger partial charge is 0.381 e. The molecule has 3 rings (SSSR count). The van der Waals surface area contributed by atoms with Gasteiger partial charge in [-0.1, -0.05) is 37.4 Å². The maximum Gasteiger partial charge on any atom is 0.309 e. The summed E-state index contributed by atoms with van der Waals surface area (Å²) in [6.45, 7) is 6.01. The molecule has 31 heavy (non-hydrogen) atoms. The van der Waals surface area contributed by atoms with E-state index >= 15 is 0 Å². The lowest BCUT2D eigenvalue weighted by atomic mass is 9.87. The molecule has 8 nitrogen and oxygen atoms in total. The van der Waals surface area contributed by atoms with Crippen LogP contribution in [0.4, 0.5) is 0 Å². The van der Waals surface area contributed by atoms with Crippen molar-refractivity contribution >= 4 is 34.5 Å². The molecular weight excluding hydrogens is 416 g/mol. The van der Waals surface area contributed by atoms with Gasteiger partial charge in [-0.05, 0) is 45.4 Å². The molecule has 174 valence electrons. The minimum absolute atomic E-state index is 0.0737. The second-order valence-electron chi connectivity index (χ2n) is 8.77. The topological polar surface area (TPSA) is 100 Å². The predicted octanol–water partition coefficient (Wildman–Crippen LogP) is 2.28. The molecule has 2 amide bonds. The first-order valence-corrected chi connectivity index (χ1v) is 12.7. The molecule has 1 aliphatic carbocycles. The van der Waals surface area contributed by atoms with Crippen LogP contribution < -0.4 is 10.7 Å². The number of hydrogen-bond acceptors (Lipinski definition) is 6. The van der Waals surface area contributed by atoms with Crippen molar-refractivity contribution in [1.29, 1.82) is 0 Å². The number of thioether (sulfide) groups is 1. The van der Waals surface area contributed by atoms with E-state index in [1.807, 2.05) is 6.92 Å². The minimum atomic E-state index is -0.822. The van der Waals surface area contributed by atoms with E-state index in [9.17, 15) is 14.4 Å². The predicted molar refractivity (Wildman–Crippen MR) is 122 cm³/mol. The fourth-order valence-electron chi connectivity index (χ4n) is 4.65. The van der Waals surface area contributed by atoms with E-state index in [0.29, 0.717) is 32.1 Å². The summed E-state index contributed by atoms with van der Waals surface area (Å²) in [6.07, 6.45) is 7.39. The van der Waals surface area contributed by atoms with Gasteiger partial charge in [-0.2, -0.15) is 0 Å². The van der Waals surface area contributed by atoms with Crippen molar-refractivity contribution in [3.63, 3.8) is 0 Å². The highest BCUT2D eigenvalue weighted by molar-refractivity contribution is 8.14.